The predicted molar refractivity (Wildman–Crippen MR) is 96.7 cm³/mol. The topological polar surface area (TPSA) is 86.7 Å². The van der Waals surface area contributed by atoms with Gasteiger partial charge in [0, 0.05) is 0 Å². The maximum atomic E-state index is 14.9. The summed E-state index contributed by atoms with van der Waals surface area (Å²) in [5, 5.41) is 9.98. The molecule has 2 aromatic rings. The fourth-order valence-corrected chi connectivity index (χ4v) is 4.25. The van der Waals surface area contributed by atoms with Crippen LogP contribution >= 0.6 is 0 Å². The number of carbonyl (C=O) groups excluding carboxylic acids is 1. The van der Waals surface area contributed by atoms with Crippen molar-refractivity contribution in [3.8, 4) is 17.6 Å². The van der Waals surface area contributed by atoms with Gasteiger partial charge in [-0.2, -0.15) is 8.42 Å². The first-order valence-electron chi connectivity index (χ1n) is 8.26. The van der Waals surface area contributed by atoms with Gasteiger partial charge in [0.2, 0.25) is 0 Å². The first kappa shape index (κ1) is 17.4. The van der Waals surface area contributed by atoms with Crippen molar-refractivity contribution in [3.05, 3.63) is 59.4 Å². The summed E-state index contributed by atoms with van der Waals surface area (Å²) in [7, 11) is -4.24. The Labute approximate surface area is 155 Å². The molecule has 2 fully saturated rings. The molecule has 2 N–H and O–H groups in total. The van der Waals surface area contributed by atoms with Crippen molar-refractivity contribution < 1.29 is 22.7 Å². The van der Waals surface area contributed by atoms with Crippen molar-refractivity contribution in [2.75, 3.05) is 10.8 Å². The van der Waals surface area contributed by atoms with Gasteiger partial charge < -0.3 is 5.11 Å². The van der Waals surface area contributed by atoms with Crippen LogP contribution < -0.4 is 9.03 Å². The number of hydrogen-bond acceptors (Lipinski definition) is 4. The Morgan fingerprint density at radius 1 is 1.15 bits per heavy atom. The molecule has 0 atom stereocenters. The molecule has 6 nitrogen and oxygen atoms in total. The van der Waals surface area contributed by atoms with E-state index in [0.717, 1.165) is 18.4 Å². The van der Waals surface area contributed by atoms with Crippen molar-refractivity contribution in [3.63, 3.8) is 0 Å². The third-order valence-electron chi connectivity index (χ3n) is 4.68. The minimum absolute atomic E-state index is 0.0421. The van der Waals surface area contributed by atoms with Crippen LogP contribution in [0.2, 0.25) is 0 Å². The van der Waals surface area contributed by atoms with E-state index >= 15 is 0 Å². The van der Waals surface area contributed by atoms with Crippen molar-refractivity contribution in [2.24, 2.45) is 0 Å². The van der Waals surface area contributed by atoms with Crippen molar-refractivity contribution in [1.29, 1.82) is 0 Å². The molecule has 2 aromatic carbocycles. The van der Waals surface area contributed by atoms with Crippen molar-refractivity contribution >= 4 is 21.8 Å². The Balaban J connectivity index is 1.74. The van der Waals surface area contributed by atoms with Crippen LogP contribution in [0.15, 0.2) is 42.5 Å². The lowest BCUT2D eigenvalue weighted by Gasteiger charge is -2.17. The van der Waals surface area contributed by atoms with Gasteiger partial charge in [-0.3, -0.25) is 4.79 Å². The number of aromatic hydroxyl groups is 1. The number of halogens is 1. The molecule has 2 aliphatic rings. The van der Waals surface area contributed by atoms with E-state index in [1.165, 1.54) is 12.1 Å². The summed E-state index contributed by atoms with van der Waals surface area (Å²) in [5.74, 6) is 3.51. The summed E-state index contributed by atoms with van der Waals surface area (Å²) in [6.07, 6.45) is 1.71. The van der Waals surface area contributed by atoms with Gasteiger partial charge in [0.15, 0.2) is 5.82 Å². The number of amides is 1. The van der Waals surface area contributed by atoms with Crippen LogP contribution in [-0.4, -0.2) is 26.0 Å². The maximum absolute atomic E-state index is 14.9. The van der Waals surface area contributed by atoms with E-state index in [0.29, 0.717) is 4.31 Å². The highest BCUT2D eigenvalue weighted by Gasteiger charge is 2.43. The maximum Gasteiger partial charge on any atom is 0.326 e. The molecule has 8 heteroatoms. The molecule has 1 saturated heterocycles. The number of hydrogen-bond donors (Lipinski definition) is 2. The second kappa shape index (κ2) is 5.99. The molecule has 1 saturated carbocycles. The second-order valence-corrected chi connectivity index (χ2v) is 8.12. The van der Waals surface area contributed by atoms with Gasteiger partial charge in [-0.25, -0.2) is 13.4 Å². The Kier molecular flexibility index (Phi) is 3.86. The molecule has 0 spiro atoms. The molecular formula is C19H15FN2O4S. The zero-order chi connectivity index (χ0) is 19.2. The first-order valence-corrected chi connectivity index (χ1v) is 9.70. The monoisotopic (exact) mass is 386 g/mol. The van der Waals surface area contributed by atoms with Crippen molar-refractivity contribution in [2.45, 2.75) is 18.3 Å². The summed E-state index contributed by atoms with van der Waals surface area (Å²) in [5.41, 5.74) is 0.0984. The molecular weight excluding hydrogens is 371 g/mol. The van der Waals surface area contributed by atoms with Gasteiger partial charge in [0.05, 0.1) is 11.0 Å². The van der Waals surface area contributed by atoms with Crippen LogP contribution in [0.25, 0.3) is 0 Å². The SMILES string of the molecule is O=C1CN(c2c(O)ccc(C#CC3(c4ccccc4)CC3)c2F)S(=O)(=O)N1. The van der Waals surface area contributed by atoms with Crippen LogP contribution in [0.4, 0.5) is 10.1 Å². The third-order valence-corrected chi connectivity index (χ3v) is 6.05. The Morgan fingerprint density at radius 3 is 2.44 bits per heavy atom. The van der Waals surface area contributed by atoms with Crippen LogP contribution in [0.1, 0.15) is 24.0 Å². The molecule has 0 unspecified atom stereocenters. The molecule has 0 aromatic heterocycles. The summed E-state index contributed by atoms with van der Waals surface area (Å²) in [4.78, 5) is 11.4. The van der Waals surface area contributed by atoms with E-state index in [1.54, 1.807) is 4.72 Å². The quantitative estimate of drug-likeness (QED) is 0.771. The minimum Gasteiger partial charge on any atom is -0.506 e. The molecule has 4 rings (SSSR count). The molecule has 1 amide bonds. The highest BCUT2D eigenvalue weighted by atomic mass is 32.2. The number of benzene rings is 2. The van der Waals surface area contributed by atoms with Crippen molar-refractivity contribution in [1.82, 2.24) is 4.72 Å². The first-order chi connectivity index (χ1) is 12.8. The van der Waals surface area contributed by atoms with E-state index in [2.05, 4.69) is 11.8 Å². The van der Waals surface area contributed by atoms with Gasteiger partial charge in [0.25, 0.3) is 5.91 Å². The van der Waals surface area contributed by atoms with E-state index in [-0.39, 0.29) is 11.0 Å². The third kappa shape index (κ3) is 3.00. The van der Waals surface area contributed by atoms with Gasteiger partial charge in [-0.05, 0) is 30.5 Å². The standard InChI is InChI=1S/C19H15FN2O4S/c20-17-13(8-9-19(10-11-19)14-4-2-1-3-5-14)6-7-15(23)18(17)22-12-16(24)21-27(22,25)26/h1-7,23H,10-12H2,(H,21,24). The van der Waals surface area contributed by atoms with E-state index in [4.69, 9.17) is 0 Å². The molecule has 138 valence electrons. The zero-order valence-electron chi connectivity index (χ0n) is 14.1. The normalized spacial score (nSPS) is 19.1. The van der Waals surface area contributed by atoms with Gasteiger partial charge in [-0.15, -0.1) is 0 Å². The fourth-order valence-electron chi connectivity index (χ4n) is 3.09. The lowest BCUT2D eigenvalue weighted by Crippen LogP contribution is -2.30. The molecule has 1 heterocycles. The Morgan fingerprint density at radius 2 is 1.85 bits per heavy atom. The predicted octanol–water partition coefficient (Wildman–Crippen LogP) is 1.80. The van der Waals surface area contributed by atoms with E-state index in [9.17, 15) is 22.7 Å². The molecule has 1 aliphatic carbocycles. The number of anilines is 1. The number of carbonyl (C=O) groups is 1. The Bertz CT molecular complexity index is 1100. The van der Waals surface area contributed by atoms with E-state index in [1.807, 2.05) is 30.3 Å². The van der Waals surface area contributed by atoms with Crippen LogP contribution in [0.3, 0.4) is 0 Å². The van der Waals surface area contributed by atoms with Crippen LogP contribution in [-0.2, 0) is 20.4 Å². The highest BCUT2D eigenvalue weighted by Crippen LogP contribution is 2.47. The summed E-state index contributed by atoms with van der Waals surface area (Å²) in [6.45, 7) is -0.600. The van der Waals surface area contributed by atoms with Crippen LogP contribution in [0.5, 0.6) is 5.75 Å². The number of phenols is 1. The van der Waals surface area contributed by atoms with Gasteiger partial charge in [-0.1, -0.05) is 42.2 Å². The van der Waals surface area contributed by atoms with Crippen LogP contribution in [0, 0.1) is 17.7 Å². The molecule has 0 radical (unpaired) electrons. The second-order valence-electron chi connectivity index (χ2n) is 6.53. The lowest BCUT2D eigenvalue weighted by atomic mass is 9.96. The molecule has 27 heavy (non-hydrogen) atoms. The highest BCUT2D eigenvalue weighted by molar-refractivity contribution is 7.92. The average Bonchev–Trinajstić information content (AvgIpc) is 3.36. The molecule has 1 aliphatic heterocycles. The number of nitrogens with one attached hydrogen (secondary N) is 1. The molecule has 0 bridgehead atoms. The summed E-state index contributed by atoms with van der Waals surface area (Å²) in [6, 6.07) is 12.1. The number of phenolic OH excluding ortho intramolecular Hbond substituents is 1. The fraction of sp³-hybridized carbons (Fsp3) is 0.211. The number of rotatable bonds is 2. The zero-order valence-corrected chi connectivity index (χ0v) is 14.9. The Hall–Kier alpha value is -3.05. The number of nitrogens with zero attached hydrogens (tertiary/aromatic N) is 1. The smallest absolute Gasteiger partial charge is 0.326 e. The lowest BCUT2D eigenvalue weighted by molar-refractivity contribution is -0.117. The minimum atomic E-state index is -4.24. The average molecular weight is 386 g/mol. The summed E-state index contributed by atoms with van der Waals surface area (Å²) < 4.78 is 41.2. The van der Waals surface area contributed by atoms with Gasteiger partial charge >= 0.3 is 10.2 Å². The summed E-state index contributed by atoms with van der Waals surface area (Å²) >= 11 is 0. The largest absolute Gasteiger partial charge is 0.506 e. The van der Waals surface area contributed by atoms with E-state index < -0.39 is 39.9 Å². The van der Waals surface area contributed by atoms with Gasteiger partial charge in [0.1, 0.15) is 18.0 Å².